The number of methoxy groups -OCH3 is 1. The fourth-order valence-corrected chi connectivity index (χ4v) is 5.51. The first kappa shape index (κ1) is 31.6. The first-order valence-electron chi connectivity index (χ1n) is 15.6. The monoisotopic (exact) mass is 603 g/mol. The van der Waals surface area contributed by atoms with E-state index < -0.39 is 0 Å². The highest BCUT2D eigenvalue weighted by Gasteiger charge is 2.32. The maximum absolute atomic E-state index is 13.5. The van der Waals surface area contributed by atoms with Gasteiger partial charge in [-0.05, 0) is 55.1 Å². The number of carbonyl (C=O) groups excluding carboxylic acids is 1. The molecule has 0 unspecified atom stereocenters. The average molecular weight is 604 g/mol. The van der Waals surface area contributed by atoms with Crippen LogP contribution in [0.25, 0.3) is 11.1 Å². The van der Waals surface area contributed by atoms with Crippen molar-refractivity contribution in [1.82, 2.24) is 30.2 Å². The molecule has 0 bridgehead atoms. The molecule has 0 spiro atoms. The third-order valence-corrected chi connectivity index (χ3v) is 8.17. The van der Waals surface area contributed by atoms with E-state index in [9.17, 15) is 4.79 Å². The molecule has 2 amide bonds. The Balaban J connectivity index is 1.27. The van der Waals surface area contributed by atoms with Gasteiger partial charge < -0.3 is 19.5 Å². The minimum atomic E-state index is -0.120. The van der Waals surface area contributed by atoms with Gasteiger partial charge in [-0.25, -0.2) is 24.7 Å². The topological polar surface area (TPSA) is 124 Å². The maximum atomic E-state index is 13.5. The van der Waals surface area contributed by atoms with Crippen LogP contribution in [0.1, 0.15) is 71.7 Å². The van der Waals surface area contributed by atoms with Gasteiger partial charge in [-0.2, -0.15) is 4.98 Å². The largest absolute Gasteiger partial charge is 0.469 e. The Morgan fingerprint density at radius 2 is 1.70 bits per heavy atom. The zero-order valence-corrected chi connectivity index (χ0v) is 26.7. The number of rotatable bonds is 10. The van der Waals surface area contributed by atoms with Gasteiger partial charge in [0.2, 0.25) is 5.88 Å². The molecule has 1 saturated heterocycles. The van der Waals surface area contributed by atoms with Crippen molar-refractivity contribution in [3.8, 4) is 23.0 Å². The lowest BCUT2D eigenvalue weighted by Crippen LogP contribution is -2.49. The van der Waals surface area contributed by atoms with Crippen molar-refractivity contribution >= 4 is 11.8 Å². The van der Waals surface area contributed by atoms with E-state index in [1.54, 1.807) is 18.6 Å². The van der Waals surface area contributed by atoms with Crippen LogP contribution in [-0.2, 0) is 16.6 Å². The Morgan fingerprint density at radius 3 is 2.27 bits per heavy atom. The standard InChI is InChI=1S/C33H45N7O4/c1-21(2)14-38-32(41)40(29-12-9-23(15-35-29)24-16-36-31(42-6)37-17-24)25-10-7-22(8-11-25)13-28-34-18-27(33(3,4)5)30(39-28)44-26-19-43-20-26/h9,12,15-18,21-22,25-26H,7-8,10-11,13-14,19-20H2,1-6H3,(H,38,41). The van der Waals surface area contributed by atoms with E-state index in [1.165, 1.54) is 7.11 Å². The summed E-state index contributed by atoms with van der Waals surface area (Å²) in [7, 11) is 1.54. The zero-order valence-electron chi connectivity index (χ0n) is 26.7. The second kappa shape index (κ2) is 13.8. The Bertz CT molecular complexity index is 1380. The molecule has 3 aromatic heterocycles. The Labute approximate surface area is 260 Å². The minimum Gasteiger partial charge on any atom is -0.469 e. The number of ether oxygens (including phenoxy) is 3. The number of hydrogen-bond acceptors (Lipinski definition) is 9. The van der Waals surface area contributed by atoms with Crippen LogP contribution in [0.4, 0.5) is 10.6 Å². The molecule has 11 nitrogen and oxygen atoms in total. The van der Waals surface area contributed by atoms with Crippen LogP contribution in [-0.4, -0.2) is 70.0 Å². The minimum absolute atomic E-state index is 0.0442. The number of hydrogen-bond donors (Lipinski definition) is 1. The van der Waals surface area contributed by atoms with E-state index in [0.717, 1.165) is 54.6 Å². The number of carbonyl (C=O) groups is 1. The Hall–Kier alpha value is -3.86. The van der Waals surface area contributed by atoms with Crippen LogP contribution in [0.3, 0.4) is 0 Å². The van der Waals surface area contributed by atoms with Gasteiger partial charge in [0.1, 0.15) is 17.7 Å². The van der Waals surface area contributed by atoms with Crippen molar-refractivity contribution in [3.05, 3.63) is 48.3 Å². The third kappa shape index (κ3) is 7.80. The highest BCUT2D eigenvalue weighted by atomic mass is 16.6. The summed E-state index contributed by atoms with van der Waals surface area (Å²) in [5.41, 5.74) is 2.59. The first-order chi connectivity index (χ1) is 21.1. The van der Waals surface area contributed by atoms with Crippen LogP contribution in [0.2, 0.25) is 0 Å². The summed E-state index contributed by atoms with van der Waals surface area (Å²) in [6.45, 7) is 12.4. The van der Waals surface area contributed by atoms with Crippen molar-refractivity contribution in [2.45, 2.75) is 84.3 Å². The molecule has 0 aromatic carbocycles. The number of urea groups is 1. The number of anilines is 1. The molecule has 236 valence electrons. The van der Waals surface area contributed by atoms with Crippen molar-refractivity contribution < 1.29 is 19.0 Å². The second-order valence-electron chi connectivity index (χ2n) is 13.2. The van der Waals surface area contributed by atoms with Crippen LogP contribution in [0.15, 0.2) is 36.9 Å². The fraction of sp³-hybridized carbons (Fsp3) is 0.576. The first-order valence-corrected chi connectivity index (χ1v) is 15.6. The molecular formula is C33H45N7O4. The van der Waals surface area contributed by atoms with E-state index >= 15 is 0 Å². The molecule has 1 saturated carbocycles. The van der Waals surface area contributed by atoms with Crippen molar-refractivity contribution in [1.29, 1.82) is 0 Å². The summed E-state index contributed by atoms with van der Waals surface area (Å²) in [6, 6.07) is 4.10. The van der Waals surface area contributed by atoms with Gasteiger partial charge in [-0.15, -0.1) is 0 Å². The fourth-order valence-electron chi connectivity index (χ4n) is 5.51. The third-order valence-electron chi connectivity index (χ3n) is 8.17. The molecule has 3 aromatic rings. The van der Waals surface area contributed by atoms with Crippen LogP contribution >= 0.6 is 0 Å². The molecule has 0 radical (unpaired) electrons. The van der Waals surface area contributed by atoms with Gasteiger partial charge in [-0.1, -0.05) is 34.6 Å². The average Bonchev–Trinajstić information content (AvgIpc) is 2.99. The summed E-state index contributed by atoms with van der Waals surface area (Å²) in [5.74, 6) is 2.89. The van der Waals surface area contributed by atoms with E-state index in [2.05, 4.69) is 49.9 Å². The van der Waals surface area contributed by atoms with E-state index in [-0.39, 0.29) is 23.6 Å². The molecule has 44 heavy (non-hydrogen) atoms. The summed E-state index contributed by atoms with van der Waals surface area (Å²) in [4.78, 5) is 38.1. The van der Waals surface area contributed by atoms with Crippen molar-refractivity contribution in [2.75, 3.05) is 31.8 Å². The van der Waals surface area contributed by atoms with Crippen molar-refractivity contribution in [3.63, 3.8) is 0 Å². The summed E-state index contributed by atoms with van der Waals surface area (Å²) < 4.78 is 16.6. The maximum Gasteiger partial charge on any atom is 0.323 e. The highest BCUT2D eigenvalue weighted by molar-refractivity contribution is 5.91. The number of nitrogens with zero attached hydrogens (tertiary/aromatic N) is 6. The predicted molar refractivity (Wildman–Crippen MR) is 168 cm³/mol. The molecular weight excluding hydrogens is 558 g/mol. The van der Waals surface area contributed by atoms with Gasteiger partial charge in [0.25, 0.3) is 0 Å². The van der Waals surface area contributed by atoms with Crippen LogP contribution in [0, 0.1) is 11.8 Å². The molecule has 1 N–H and O–H groups in total. The lowest BCUT2D eigenvalue weighted by atomic mass is 9.83. The van der Waals surface area contributed by atoms with Crippen LogP contribution in [0.5, 0.6) is 11.9 Å². The van der Waals surface area contributed by atoms with Crippen molar-refractivity contribution in [2.24, 2.45) is 11.8 Å². The lowest BCUT2D eigenvalue weighted by molar-refractivity contribution is -0.0820. The van der Waals surface area contributed by atoms with E-state index in [1.807, 2.05) is 23.2 Å². The summed E-state index contributed by atoms with van der Waals surface area (Å²) in [6.07, 6.45) is 11.6. The molecule has 2 aliphatic rings. The number of pyridine rings is 1. The van der Waals surface area contributed by atoms with E-state index in [0.29, 0.717) is 49.3 Å². The Morgan fingerprint density at radius 1 is 1.00 bits per heavy atom. The molecule has 5 rings (SSSR count). The number of amides is 2. The summed E-state index contributed by atoms with van der Waals surface area (Å²) in [5, 5.41) is 3.11. The molecule has 1 aliphatic carbocycles. The Kier molecular flexibility index (Phi) is 9.93. The van der Waals surface area contributed by atoms with Gasteiger partial charge in [-0.3, -0.25) is 4.90 Å². The zero-order chi connectivity index (χ0) is 31.3. The van der Waals surface area contributed by atoms with Gasteiger partial charge >= 0.3 is 12.0 Å². The second-order valence-corrected chi connectivity index (χ2v) is 13.2. The molecule has 2 fully saturated rings. The van der Waals surface area contributed by atoms with Gasteiger partial charge in [0.05, 0.1) is 20.3 Å². The normalized spacial score (nSPS) is 18.9. The molecule has 0 atom stereocenters. The van der Waals surface area contributed by atoms with E-state index in [4.69, 9.17) is 29.2 Å². The molecule has 11 heteroatoms. The molecule has 4 heterocycles. The number of aromatic nitrogens is 5. The smallest absolute Gasteiger partial charge is 0.323 e. The predicted octanol–water partition coefficient (Wildman–Crippen LogP) is 5.39. The molecule has 1 aliphatic heterocycles. The number of nitrogens with one attached hydrogen (secondary N) is 1. The quantitative estimate of drug-likeness (QED) is 0.325. The van der Waals surface area contributed by atoms with Gasteiger partial charge in [0, 0.05) is 60.5 Å². The summed E-state index contributed by atoms with van der Waals surface area (Å²) >= 11 is 0. The lowest BCUT2D eigenvalue weighted by Gasteiger charge is -2.36. The van der Waals surface area contributed by atoms with Crippen LogP contribution < -0.4 is 19.7 Å². The highest BCUT2D eigenvalue weighted by Crippen LogP contribution is 2.34. The SMILES string of the molecule is COc1ncc(-c2ccc(N(C(=O)NCC(C)C)C3CCC(Cc4ncc(C(C)(C)C)c(OC5COC5)n4)CC3)nc2)cn1. The van der Waals surface area contributed by atoms with Gasteiger partial charge in [0.15, 0.2) is 0 Å².